The quantitative estimate of drug-likeness (QED) is 0.357. The van der Waals surface area contributed by atoms with Gasteiger partial charge in [-0.3, -0.25) is 0 Å². The molecule has 2 saturated carbocycles. The molecule has 0 aromatic heterocycles. The van der Waals surface area contributed by atoms with Crippen molar-refractivity contribution in [3.63, 3.8) is 0 Å². The third kappa shape index (κ3) is 5.72. The van der Waals surface area contributed by atoms with E-state index in [1.165, 1.54) is 103 Å². The van der Waals surface area contributed by atoms with Crippen molar-refractivity contribution in [1.82, 2.24) is 0 Å². The van der Waals surface area contributed by atoms with Crippen LogP contribution in [0.3, 0.4) is 0 Å². The van der Waals surface area contributed by atoms with Gasteiger partial charge in [-0.15, -0.1) is 0 Å². The first-order valence-electron chi connectivity index (χ1n) is 13.9. The van der Waals surface area contributed by atoms with Crippen molar-refractivity contribution in [3.8, 4) is 0 Å². The van der Waals surface area contributed by atoms with Crippen LogP contribution in [0, 0.1) is 23.7 Å². The zero-order valence-electron chi connectivity index (χ0n) is 20.1. The van der Waals surface area contributed by atoms with Gasteiger partial charge >= 0.3 is 0 Å². The molecule has 1 aromatic carbocycles. The number of hydrogen-bond acceptors (Lipinski definition) is 0. The third-order valence-corrected chi connectivity index (χ3v) is 9.19. The maximum Gasteiger partial charge on any atom is -0.0159 e. The molecule has 0 nitrogen and oxygen atoms in total. The number of unbranched alkanes of at least 4 members (excludes halogenated alkanes) is 4. The van der Waals surface area contributed by atoms with Crippen molar-refractivity contribution in [2.45, 2.75) is 129 Å². The Hall–Kier alpha value is -0.780. The third-order valence-electron chi connectivity index (χ3n) is 9.19. The van der Waals surface area contributed by atoms with Crippen molar-refractivity contribution in [1.29, 1.82) is 0 Å². The zero-order valence-corrected chi connectivity index (χ0v) is 20.1. The molecule has 0 amide bonds. The van der Waals surface area contributed by atoms with E-state index in [-0.39, 0.29) is 0 Å². The molecule has 1 aromatic rings. The molecule has 2 fully saturated rings. The normalized spacial score (nSPS) is 31.2. The van der Waals surface area contributed by atoms with Crippen LogP contribution >= 0.6 is 0 Å². The van der Waals surface area contributed by atoms with E-state index in [1.807, 2.05) is 0 Å². The predicted molar refractivity (Wildman–Crippen MR) is 131 cm³/mol. The molecule has 0 saturated heterocycles. The van der Waals surface area contributed by atoms with Gasteiger partial charge in [-0.25, -0.2) is 0 Å². The van der Waals surface area contributed by atoms with Gasteiger partial charge in [0.25, 0.3) is 0 Å². The summed E-state index contributed by atoms with van der Waals surface area (Å²) < 4.78 is 0. The summed E-state index contributed by atoms with van der Waals surface area (Å²) in [6.07, 6.45) is 24.7. The van der Waals surface area contributed by atoms with E-state index in [0.29, 0.717) is 0 Å². The van der Waals surface area contributed by atoms with Crippen LogP contribution in [-0.2, 0) is 12.8 Å². The van der Waals surface area contributed by atoms with Crippen LogP contribution in [0.1, 0.15) is 133 Å². The molecule has 30 heavy (non-hydrogen) atoms. The lowest BCUT2D eigenvalue weighted by Crippen LogP contribution is -2.30. The zero-order chi connectivity index (χ0) is 20.8. The van der Waals surface area contributed by atoms with Crippen molar-refractivity contribution in [3.05, 3.63) is 34.9 Å². The van der Waals surface area contributed by atoms with Gasteiger partial charge in [0, 0.05) is 0 Å². The van der Waals surface area contributed by atoms with Gasteiger partial charge in [0.05, 0.1) is 0 Å². The van der Waals surface area contributed by atoms with Gasteiger partial charge < -0.3 is 0 Å². The Morgan fingerprint density at radius 2 is 1.43 bits per heavy atom. The van der Waals surface area contributed by atoms with Crippen LogP contribution in [0.4, 0.5) is 0 Å². The summed E-state index contributed by atoms with van der Waals surface area (Å²) in [4.78, 5) is 0. The molecule has 0 bridgehead atoms. The Labute approximate surface area is 187 Å². The monoisotopic (exact) mass is 408 g/mol. The SMILES string of the molecule is CCCCCC1CCc2cc(C3CCC4CC(CCCCC)CCC4C3)ccc2C1. The molecule has 5 atom stereocenters. The molecule has 168 valence electrons. The lowest BCUT2D eigenvalue weighted by Gasteiger charge is -2.42. The van der Waals surface area contributed by atoms with Crippen LogP contribution in [0.2, 0.25) is 0 Å². The second-order valence-corrected chi connectivity index (χ2v) is 11.3. The molecule has 0 heteroatoms. The van der Waals surface area contributed by atoms with Crippen molar-refractivity contribution < 1.29 is 0 Å². The summed E-state index contributed by atoms with van der Waals surface area (Å²) >= 11 is 0. The fourth-order valence-corrected chi connectivity index (χ4v) is 7.27. The van der Waals surface area contributed by atoms with Gasteiger partial charge in [-0.05, 0) is 97.6 Å². The topological polar surface area (TPSA) is 0 Å². The summed E-state index contributed by atoms with van der Waals surface area (Å²) in [5.41, 5.74) is 5.09. The summed E-state index contributed by atoms with van der Waals surface area (Å²) in [5, 5.41) is 0. The highest BCUT2D eigenvalue weighted by Gasteiger charge is 2.36. The number of aryl methyl sites for hydroxylation is 1. The highest BCUT2D eigenvalue weighted by atomic mass is 14.4. The number of benzene rings is 1. The fourth-order valence-electron chi connectivity index (χ4n) is 7.27. The van der Waals surface area contributed by atoms with Crippen LogP contribution in [0.15, 0.2) is 18.2 Å². The highest BCUT2D eigenvalue weighted by molar-refractivity contribution is 5.36. The van der Waals surface area contributed by atoms with Crippen LogP contribution in [-0.4, -0.2) is 0 Å². The van der Waals surface area contributed by atoms with Gasteiger partial charge in [0.1, 0.15) is 0 Å². The summed E-state index contributed by atoms with van der Waals surface area (Å²) in [6.45, 7) is 4.66. The minimum atomic E-state index is 0.857. The molecule has 3 aliphatic rings. The Balaban J connectivity index is 1.29. The van der Waals surface area contributed by atoms with Gasteiger partial charge in [-0.2, -0.15) is 0 Å². The molecule has 0 N–H and O–H groups in total. The van der Waals surface area contributed by atoms with E-state index >= 15 is 0 Å². The lowest BCUT2D eigenvalue weighted by atomic mass is 9.63. The van der Waals surface area contributed by atoms with E-state index in [1.54, 1.807) is 23.1 Å². The molecule has 5 unspecified atom stereocenters. The first kappa shape index (κ1) is 22.4. The summed E-state index contributed by atoms with van der Waals surface area (Å²) in [6, 6.07) is 7.72. The Bertz CT molecular complexity index is 643. The van der Waals surface area contributed by atoms with Crippen LogP contribution in [0.5, 0.6) is 0 Å². The fraction of sp³-hybridized carbons (Fsp3) is 0.800. The van der Waals surface area contributed by atoms with E-state index in [9.17, 15) is 0 Å². The molecular weight excluding hydrogens is 360 g/mol. The maximum atomic E-state index is 2.65. The molecule has 4 rings (SSSR count). The molecule has 3 aliphatic carbocycles. The first-order valence-corrected chi connectivity index (χ1v) is 13.9. The minimum Gasteiger partial charge on any atom is -0.0654 e. The first-order chi connectivity index (χ1) is 14.8. The number of hydrogen-bond donors (Lipinski definition) is 0. The van der Waals surface area contributed by atoms with Crippen molar-refractivity contribution in [2.24, 2.45) is 23.7 Å². The van der Waals surface area contributed by atoms with E-state index < -0.39 is 0 Å². The number of rotatable bonds is 9. The van der Waals surface area contributed by atoms with E-state index in [2.05, 4.69) is 32.0 Å². The van der Waals surface area contributed by atoms with Crippen LogP contribution in [0.25, 0.3) is 0 Å². The largest absolute Gasteiger partial charge is 0.0654 e. The summed E-state index contributed by atoms with van der Waals surface area (Å²) in [7, 11) is 0. The minimum absolute atomic E-state index is 0.857. The van der Waals surface area contributed by atoms with Gasteiger partial charge in [0.15, 0.2) is 0 Å². The maximum absolute atomic E-state index is 2.65. The standard InChI is InChI=1S/C30H48/c1-3-5-7-9-23-11-13-27-21-29(17-15-25(27)19-23)30-18-16-26-20-24(10-8-6-4-2)12-14-28(26)22-30/h15,17,21,23-24,26,28,30H,3-14,16,18-20,22H2,1-2H3. The van der Waals surface area contributed by atoms with Crippen molar-refractivity contribution in [2.75, 3.05) is 0 Å². The molecule has 0 heterocycles. The average molecular weight is 409 g/mol. The Morgan fingerprint density at radius 1 is 0.700 bits per heavy atom. The second-order valence-electron chi connectivity index (χ2n) is 11.3. The lowest BCUT2D eigenvalue weighted by molar-refractivity contribution is 0.113. The molecular formula is C30H48. The van der Waals surface area contributed by atoms with Gasteiger partial charge in [0.2, 0.25) is 0 Å². The Kier molecular flexibility index (Phi) is 8.36. The number of fused-ring (bicyclic) bond motifs is 2. The average Bonchev–Trinajstić information content (AvgIpc) is 2.78. The molecule has 0 aliphatic heterocycles. The summed E-state index contributed by atoms with van der Waals surface area (Å²) in [5.74, 6) is 4.96. The predicted octanol–water partition coefficient (Wildman–Crippen LogP) is 9.25. The van der Waals surface area contributed by atoms with Crippen LogP contribution < -0.4 is 0 Å². The smallest absolute Gasteiger partial charge is 0.0159 e. The van der Waals surface area contributed by atoms with E-state index in [0.717, 1.165) is 29.6 Å². The van der Waals surface area contributed by atoms with Gasteiger partial charge in [-0.1, -0.05) is 89.8 Å². The Morgan fingerprint density at radius 3 is 2.23 bits per heavy atom. The van der Waals surface area contributed by atoms with Crippen molar-refractivity contribution >= 4 is 0 Å². The molecule has 0 radical (unpaired) electrons. The van der Waals surface area contributed by atoms with E-state index in [4.69, 9.17) is 0 Å². The second kappa shape index (κ2) is 11.2. The highest BCUT2D eigenvalue weighted by Crippen LogP contribution is 2.48. The molecule has 0 spiro atoms.